The third-order valence-electron chi connectivity index (χ3n) is 3.26. The third-order valence-corrected chi connectivity index (χ3v) is 3.26. The van der Waals surface area contributed by atoms with Gasteiger partial charge in [0.2, 0.25) is 0 Å². The molecule has 2 aliphatic rings. The molecule has 11 heavy (non-hydrogen) atoms. The summed E-state index contributed by atoms with van der Waals surface area (Å²) in [6, 6.07) is 0. The van der Waals surface area contributed by atoms with Crippen LogP contribution in [0.5, 0.6) is 0 Å². The number of rotatable bonds is 0. The number of hydrogen-bond donors (Lipinski definition) is 1. The van der Waals surface area contributed by atoms with E-state index in [1.165, 1.54) is 44.9 Å². The maximum absolute atomic E-state index is 3.68. The lowest BCUT2D eigenvalue weighted by molar-refractivity contribution is 0.203. The fourth-order valence-electron chi connectivity index (χ4n) is 2.51. The summed E-state index contributed by atoms with van der Waals surface area (Å²) in [7, 11) is 0. The predicted octanol–water partition coefficient (Wildman–Crippen LogP) is 2.28. The Hall–Kier alpha value is -0.0400. The van der Waals surface area contributed by atoms with Crippen LogP contribution in [0.15, 0.2) is 0 Å². The van der Waals surface area contributed by atoms with Gasteiger partial charge >= 0.3 is 0 Å². The Labute approximate surface area is 69.6 Å². The maximum atomic E-state index is 3.68. The molecule has 1 saturated heterocycles. The highest BCUT2D eigenvalue weighted by molar-refractivity contribution is 4.96. The van der Waals surface area contributed by atoms with Crippen LogP contribution in [0.3, 0.4) is 0 Å². The van der Waals surface area contributed by atoms with Crippen LogP contribution in [-0.4, -0.2) is 12.1 Å². The molecular weight excluding hydrogens is 134 g/mol. The average Bonchev–Trinajstić information content (AvgIpc) is 2.07. The summed E-state index contributed by atoms with van der Waals surface area (Å²) in [5, 5.41) is 3.68. The minimum Gasteiger partial charge on any atom is -0.311 e. The van der Waals surface area contributed by atoms with Crippen LogP contribution in [0.25, 0.3) is 0 Å². The van der Waals surface area contributed by atoms with Crippen molar-refractivity contribution >= 4 is 0 Å². The summed E-state index contributed by atoms with van der Waals surface area (Å²) >= 11 is 0. The standard InChI is InChI=1S/C10H18N/c1-2-6-10(7-3-1)8-4-5-9-11-10/h5,11H,1-4,6-9H2. The Morgan fingerprint density at radius 2 is 1.82 bits per heavy atom. The van der Waals surface area contributed by atoms with Crippen LogP contribution in [0.4, 0.5) is 0 Å². The number of piperidine rings is 1. The van der Waals surface area contributed by atoms with E-state index in [1.807, 2.05) is 0 Å². The van der Waals surface area contributed by atoms with Gasteiger partial charge in [-0.25, -0.2) is 0 Å². The number of nitrogens with one attached hydrogen (secondary N) is 1. The monoisotopic (exact) mass is 152 g/mol. The van der Waals surface area contributed by atoms with Gasteiger partial charge in [0.1, 0.15) is 0 Å². The topological polar surface area (TPSA) is 12.0 Å². The molecule has 1 aliphatic heterocycles. The van der Waals surface area contributed by atoms with Crippen molar-refractivity contribution in [1.82, 2.24) is 5.32 Å². The Bertz CT molecular complexity index is 99.3. The zero-order chi connectivity index (χ0) is 7.57. The lowest BCUT2D eigenvalue weighted by Crippen LogP contribution is -2.49. The summed E-state index contributed by atoms with van der Waals surface area (Å²) in [6.45, 7) is 1.15. The van der Waals surface area contributed by atoms with E-state index < -0.39 is 0 Å². The van der Waals surface area contributed by atoms with Gasteiger partial charge in [0, 0.05) is 5.54 Å². The molecule has 2 fully saturated rings. The largest absolute Gasteiger partial charge is 0.311 e. The van der Waals surface area contributed by atoms with Gasteiger partial charge in [-0.3, -0.25) is 0 Å². The molecule has 1 N–H and O–H groups in total. The van der Waals surface area contributed by atoms with Gasteiger partial charge in [0.15, 0.2) is 0 Å². The highest BCUT2D eigenvalue weighted by atomic mass is 15.0. The van der Waals surface area contributed by atoms with Crippen LogP contribution in [-0.2, 0) is 0 Å². The Balaban J connectivity index is 1.94. The van der Waals surface area contributed by atoms with Gasteiger partial charge in [0.05, 0.1) is 0 Å². The van der Waals surface area contributed by atoms with Crippen LogP contribution in [0.2, 0.25) is 0 Å². The lowest BCUT2D eigenvalue weighted by atomic mass is 9.76. The van der Waals surface area contributed by atoms with Gasteiger partial charge < -0.3 is 5.32 Å². The van der Waals surface area contributed by atoms with Crippen molar-refractivity contribution in [3.05, 3.63) is 6.42 Å². The van der Waals surface area contributed by atoms with Gasteiger partial charge in [0.25, 0.3) is 0 Å². The summed E-state index contributed by atoms with van der Waals surface area (Å²) in [5.74, 6) is 0. The molecule has 0 aromatic rings. The molecule has 1 heterocycles. The van der Waals surface area contributed by atoms with Crippen molar-refractivity contribution in [3.63, 3.8) is 0 Å². The highest BCUT2D eigenvalue weighted by Crippen LogP contribution is 2.33. The van der Waals surface area contributed by atoms with Crippen molar-refractivity contribution in [2.24, 2.45) is 0 Å². The van der Waals surface area contributed by atoms with E-state index in [4.69, 9.17) is 0 Å². The molecule has 2 rings (SSSR count). The predicted molar refractivity (Wildman–Crippen MR) is 47.4 cm³/mol. The molecule has 1 heteroatoms. The van der Waals surface area contributed by atoms with E-state index in [9.17, 15) is 0 Å². The highest BCUT2D eigenvalue weighted by Gasteiger charge is 2.32. The van der Waals surface area contributed by atoms with E-state index in [0.29, 0.717) is 5.54 Å². The minimum absolute atomic E-state index is 0.576. The quantitative estimate of drug-likeness (QED) is 0.561. The molecule has 0 aromatic carbocycles. The average molecular weight is 152 g/mol. The van der Waals surface area contributed by atoms with E-state index in [2.05, 4.69) is 11.7 Å². The Morgan fingerprint density at radius 3 is 2.45 bits per heavy atom. The first kappa shape index (κ1) is 7.60. The normalized spacial score (nSPS) is 30.5. The summed E-state index contributed by atoms with van der Waals surface area (Å²) in [6.07, 6.45) is 12.3. The minimum atomic E-state index is 0.576. The van der Waals surface area contributed by atoms with E-state index in [-0.39, 0.29) is 0 Å². The fraction of sp³-hybridized carbons (Fsp3) is 0.900. The molecule has 0 amide bonds. The lowest BCUT2D eigenvalue weighted by Gasteiger charge is -2.41. The molecular formula is C10H18N. The SMILES string of the molecule is [CH]1CCC2(CCCCC2)NC1. The number of hydrogen-bond acceptors (Lipinski definition) is 1. The summed E-state index contributed by atoms with van der Waals surface area (Å²) in [4.78, 5) is 0. The second-order valence-electron chi connectivity index (χ2n) is 4.05. The first-order valence-corrected chi connectivity index (χ1v) is 4.98. The molecule has 0 bridgehead atoms. The molecule has 1 spiro atoms. The first-order valence-electron chi connectivity index (χ1n) is 4.98. The zero-order valence-electron chi connectivity index (χ0n) is 7.23. The smallest absolute Gasteiger partial charge is 0.0181 e. The van der Waals surface area contributed by atoms with Crippen molar-refractivity contribution in [3.8, 4) is 0 Å². The molecule has 0 unspecified atom stereocenters. The van der Waals surface area contributed by atoms with Crippen molar-refractivity contribution < 1.29 is 0 Å². The van der Waals surface area contributed by atoms with E-state index in [0.717, 1.165) is 6.54 Å². The summed E-state index contributed by atoms with van der Waals surface area (Å²) < 4.78 is 0. The maximum Gasteiger partial charge on any atom is 0.0181 e. The molecule has 0 aromatic heterocycles. The molecule has 0 atom stereocenters. The first-order chi connectivity index (χ1) is 5.41. The van der Waals surface area contributed by atoms with Gasteiger partial charge in [-0.1, -0.05) is 19.3 Å². The second-order valence-corrected chi connectivity index (χ2v) is 4.05. The fourth-order valence-corrected chi connectivity index (χ4v) is 2.51. The van der Waals surface area contributed by atoms with Crippen molar-refractivity contribution in [2.45, 2.75) is 50.5 Å². The van der Waals surface area contributed by atoms with E-state index in [1.54, 1.807) is 0 Å². The van der Waals surface area contributed by atoms with Crippen LogP contribution >= 0.6 is 0 Å². The van der Waals surface area contributed by atoms with Gasteiger partial charge in [-0.2, -0.15) is 0 Å². The van der Waals surface area contributed by atoms with Crippen LogP contribution in [0, 0.1) is 6.42 Å². The van der Waals surface area contributed by atoms with Gasteiger partial charge in [-0.05, 0) is 38.6 Å². The summed E-state index contributed by atoms with van der Waals surface area (Å²) in [5.41, 5.74) is 0.576. The Morgan fingerprint density at radius 1 is 1.00 bits per heavy atom. The molecule has 1 nitrogen and oxygen atoms in total. The van der Waals surface area contributed by atoms with Crippen molar-refractivity contribution in [1.29, 1.82) is 0 Å². The Kier molecular flexibility index (Phi) is 2.17. The second kappa shape index (κ2) is 3.14. The van der Waals surface area contributed by atoms with Crippen LogP contribution < -0.4 is 5.32 Å². The molecule has 1 aliphatic carbocycles. The molecule has 1 saturated carbocycles. The molecule has 63 valence electrons. The van der Waals surface area contributed by atoms with E-state index >= 15 is 0 Å². The van der Waals surface area contributed by atoms with Gasteiger partial charge in [-0.15, -0.1) is 0 Å². The molecule has 1 radical (unpaired) electrons. The zero-order valence-corrected chi connectivity index (χ0v) is 7.23. The van der Waals surface area contributed by atoms with Crippen molar-refractivity contribution in [2.75, 3.05) is 6.54 Å². The van der Waals surface area contributed by atoms with Crippen LogP contribution in [0.1, 0.15) is 44.9 Å². The third kappa shape index (κ3) is 1.58.